The van der Waals surface area contributed by atoms with Gasteiger partial charge in [-0.2, -0.15) is 0 Å². The molecule has 8 heteroatoms. The number of nitrogens with zero attached hydrogens (tertiary/aromatic N) is 1. The molecule has 1 aromatic heterocycles. The zero-order valence-electron chi connectivity index (χ0n) is 11.0. The van der Waals surface area contributed by atoms with Crippen LogP contribution in [0.2, 0.25) is 0 Å². The Bertz CT molecular complexity index is 562. The van der Waals surface area contributed by atoms with Crippen molar-refractivity contribution in [3.8, 4) is 0 Å². The highest BCUT2D eigenvalue weighted by Gasteiger charge is 2.24. The van der Waals surface area contributed by atoms with E-state index >= 15 is 0 Å². The maximum atomic E-state index is 12.1. The van der Waals surface area contributed by atoms with E-state index in [0.717, 1.165) is 6.07 Å². The van der Waals surface area contributed by atoms with Crippen molar-refractivity contribution >= 4 is 16.0 Å². The molecule has 1 rings (SSSR count). The van der Waals surface area contributed by atoms with Crippen molar-refractivity contribution in [1.82, 2.24) is 9.29 Å². The zero-order chi connectivity index (χ0) is 14.8. The Morgan fingerprint density at radius 1 is 1.47 bits per heavy atom. The van der Waals surface area contributed by atoms with Gasteiger partial charge in [0.2, 0.25) is 10.0 Å². The minimum atomic E-state index is -3.85. The number of carboxylic acids is 1. The molecule has 3 N–H and O–H groups in total. The lowest BCUT2D eigenvalue weighted by atomic mass is 10.1. The fraction of sp³-hybridized carbons (Fsp3) is 0.545. The van der Waals surface area contributed by atoms with Gasteiger partial charge in [0.25, 0.3) is 0 Å². The molecule has 0 aromatic carbocycles. The first-order valence-electron chi connectivity index (χ1n) is 5.72. The predicted molar refractivity (Wildman–Crippen MR) is 68.4 cm³/mol. The fourth-order valence-corrected chi connectivity index (χ4v) is 2.99. The largest absolute Gasteiger partial charge is 0.477 e. The molecule has 1 aromatic rings. The lowest BCUT2D eigenvalue weighted by molar-refractivity contribution is 0.0686. The van der Waals surface area contributed by atoms with Gasteiger partial charge in [-0.3, -0.25) is 0 Å². The number of aliphatic hydroxyl groups is 1. The Hall–Kier alpha value is -1.38. The molecule has 0 saturated heterocycles. The summed E-state index contributed by atoms with van der Waals surface area (Å²) in [6.45, 7) is 3.23. The number of hydrogen-bond donors (Lipinski definition) is 3. The quantitative estimate of drug-likeness (QED) is 0.684. The van der Waals surface area contributed by atoms with E-state index in [1.165, 1.54) is 17.8 Å². The van der Waals surface area contributed by atoms with Crippen molar-refractivity contribution in [2.75, 3.05) is 6.61 Å². The molecular weight excluding hydrogens is 272 g/mol. The van der Waals surface area contributed by atoms with Crippen LogP contribution in [0.4, 0.5) is 0 Å². The number of aryl methyl sites for hydroxylation is 1. The molecule has 0 bridgehead atoms. The summed E-state index contributed by atoms with van der Waals surface area (Å²) < 4.78 is 27.7. The third-order valence-corrected chi connectivity index (χ3v) is 4.27. The topological polar surface area (TPSA) is 109 Å². The van der Waals surface area contributed by atoms with Gasteiger partial charge in [-0.1, -0.05) is 13.8 Å². The number of nitrogens with one attached hydrogen (secondary N) is 1. The van der Waals surface area contributed by atoms with Crippen molar-refractivity contribution in [1.29, 1.82) is 0 Å². The summed E-state index contributed by atoms with van der Waals surface area (Å²) in [4.78, 5) is 10.7. The molecule has 0 radical (unpaired) electrons. The van der Waals surface area contributed by atoms with E-state index in [-0.39, 0.29) is 23.1 Å². The lowest BCUT2D eigenvalue weighted by Crippen LogP contribution is -2.40. The first-order chi connectivity index (χ1) is 8.69. The van der Waals surface area contributed by atoms with Crippen LogP contribution in [0.1, 0.15) is 24.3 Å². The molecule has 0 spiro atoms. The molecule has 0 aliphatic rings. The summed E-state index contributed by atoms with van der Waals surface area (Å²) in [6.07, 6.45) is 1.22. The van der Waals surface area contributed by atoms with E-state index in [1.54, 1.807) is 13.8 Å². The molecule has 0 unspecified atom stereocenters. The van der Waals surface area contributed by atoms with Crippen LogP contribution in [0.25, 0.3) is 0 Å². The smallest absolute Gasteiger partial charge is 0.352 e. The molecule has 1 heterocycles. The summed E-state index contributed by atoms with van der Waals surface area (Å²) in [5.74, 6) is -1.28. The average molecular weight is 290 g/mol. The van der Waals surface area contributed by atoms with E-state index in [4.69, 9.17) is 10.2 Å². The van der Waals surface area contributed by atoms with Gasteiger partial charge in [0.1, 0.15) is 10.6 Å². The minimum Gasteiger partial charge on any atom is -0.477 e. The monoisotopic (exact) mass is 290 g/mol. The number of aromatic carboxylic acids is 1. The maximum absolute atomic E-state index is 12.1. The molecular formula is C11H18N2O5S. The van der Waals surface area contributed by atoms with Gasteiger partial charge in [0.05, 0.1) is 6.61 Å². The zero-order valence-corrected chi connectivity index (χ0v) is 11.8. The molecule has 19 heavy (non-hydrogen) atoms. The highest BCUT2D eigenvalue weighted by atomic mass is 32.2. The van der Waals surface area contributed by atoms with E-state index < -0.39 is 22.0 Å². The molecule has 0 saturated carbocycles. The molecule has 0 aliphatic heterocycles. The van der Waals surface area contributed by atoms with Gasteiger partial charge >= 0.3 is 5.97 Å². The standard InChI is InChI=1S/C11H18N2O5S/c1-7(2)9(6-14)12-19(17,18)8-4-10(11(15)16)13(3)5-8/h4-5,7,9,12,14H,6H2,1-3H3,(H,15,16)/t9-/m1/s1. The Kier molecular flexibility index (Phi) is 4.72. The van der Waals surface area contributed by atoms with Crippen LogP contribution in [0.3, 0.4) is 0 Å². The fourth-order valence-electron chi connectivity index (χ4n) is 1.55. The van der Waals surface area contributed by atoms with Crippen molar-refractivity contribution in [2.45, 2.75) is 24.8 Å². The molecule has 1 atom stereocenters. The van der Waals surface area contributed by atoms with Crippen LogP contribution in [-0.2, 0) is 17.1 Å². The molecule has 7 nitrogen and oxygen atoms in total. The second-order valence-corrected chi connectivity index (χ2v) is 6.35. The average Bonchev–Trinajstić information content (AvgIpc) is 2.68. The van der Waals surface area contributed by atoms with Crippen LogP contribution < -0.4 is 4.72 Å². The molecule has 108 valence electrons. The van der Waals surface area contributed by atoms with Crippen LogP contribution in [-0.4, -0.2) is 41.8 Å². The van der Waals surface area contributed by atoms with Gasteiger partial charge in [-0.15, -0.1) is 0 Å². The number of rotatable bonds is 6. The van der Waals surface area contributed by atoms with Gasteiger partial charge in [-0.05, 0) is 12.0 Å². The summed E-state index contributed by atoms with van der Waals surface area (Å²) in [5, 5.41) is 18.0. The Balaban J connectivity index is 3.07. The lowest BCUT2D eigenvalue weighted by Gasteiger charge is -2.19. The number of aromatic nitrogens is 1. The van der Waals surface area contributed by atoms with E-state index in [9.17, 15) is 13.2 Å². The van der Waals surface area contributed by atoms with E-state index in [0.29, 0.717) is 0 Å². The number of aliphatic hydroxyl groups excluding tert-OH is 1. The number of carbonyl (C=O) groups is 1. The van der Waals surface area contributed by atoms with Gasteiger partial charge < -0.3 is 14.8 Å². The summed E-state index contributed by atoms with van der Waals surface area (Å²) in [5.41, 5.74) is -0.120. The van der Waals surface area contributed by atoms with Crippen molar-refractivity contribution < 1.29 is 23.4 Å². The Morgan fingerprint density at radius 3 is 2.42 bits per heavy atom. The van der Waals surface area contributed by atoms with Gasteiger partial charge in [-0.25, -0.2) is 17.9 Å². The first kappa shape index (κ1) is 15.7. The molecule has 0 amide bonds. The third kappa shape index (κ3) is 3.55. The highest BCUT2D eigenvalue weighted by Crippen LogP contribution is 2.15. The minimum absolute atomic E-state index is 0.0811. The second kappa shape index (κ2) is 5.72. The van der Waals surface area contributed by atoms with Crippen molar-refractivity contribution in [3.63, 3.8) is 0 Å². The predicted octanol–water partition coefficient (Wildman–Crippen LogP) is 0.0185. The Morgan fingerprint density at radius 2 is 2.05 bits per heavy atom. The summed E-state index contributed by atoms with van der Waals surface area (Å²) in [6, 6.07) is 0.470. The van der Waals surface area contributed by atoms with Crippen molar-refractivity contribution in [2.24, 2.45) is 13.0 Å². The molecule has 0 fully saturated rings. The Labute approximate surface area is 111 Å². The van der Waals surface area contributed by atoms with Crippen LogP contribution in [0.15, 0.2) is 17.2 Å². The highest BCUT2D eigenvalue weighted by molar-refractivity contribution is 7.89. The summed E-state index contributed by atoms with van der Waals surface area (Å²) in [7, 11) is -2.39. The number of hydrogen-bond acceptors (Lipinski definition) is 4. The maximum Gasteiger partial charge on any atom is 0.352 e. The molecule has 0 aliphatic carbocycles. The first-order valence-corrected chi connectivity index (χ1v) is 7.20. The van der Waals surface area contributed by atoms with Gasteiger partial charge in [0, 0.05) is 19.3 Å². The van der Waals surface area contributed by atoms with Crippen LogP contribution in [0, 0.1) is 5.92 Å². The third-order valence-electron chi connectivity index (χ3n) is 2.82. The SMILES string of the molecule is CC(C)[C@@H](CO)NS(=O)(=O)c1cc(C(=O)O)n(C)c1. The number of carboxylic acid groups (broad SMARTS) is 1. The second-order valence-electron chi connectivity index (χ2n) is 4.63. The van der Waals surface area contributed by atoms with E-state index in [1.807, 2.05) is 0 Å². The normalized spacial score (nSPS) is 13.7. The number of sulfonamides is 1. The van der Waals surface area contributed by atoms with Crippen molar-refractivity contribution in [3.05, 3.63) is 18.0 Å². The van der Waals surface area contributed by atoms with E-state index in [2.05, 4.69) is 4.72 Å². The van der Waals surface area contributed by atoms with Crippen LogP contribution >= 0.6 is 0 Å². The van der Waals surface area contributed by atoms with Gasteiger partial charge in [0.15, 0.2) is 0 Å². The summed E-state index contributed by atoms with van der Waals surface area (Å²) >= 11 is 0. The van der Waals surface area contributed by atoms with Crippen LogP contribution in [0.5, 0.6) is 0 Å².